The summed E-state index contributed by atoms with van der Waals surface area (Å²) in [5.41, 5.74) is 18.2. The molecule has 0 aliphatic heterocycles. The number of halogens is 2. The molecular formula is C56H68Cl2O2Si3Zr-2. The Balaban J connectivity index is 0.000000189. The molecule has 2 heterocycles. The van der Waals surface area contributed by atoms with Gasteiger partial charge in [-0.3, -0.25) is 0 Å². The zero-order valence-corrected chi connectivity index (χ0v) is 48.6. The molecule has 0 aliphatic carbocycles. The first kappa shape index (κ1) is 50.2. The van der Waals surface area contributed by atoms with Gasteiger partial charge in [-0.15, -0.1) is 57.9 Å². The maximum atomic E-state index is 6.00. The Morgan fingerprint density at radius 2 is 0.766 bits per heavy atom. The minimum atomic E-state index is -1.65. The van der Waals surface area contributed by atoms with Gasteiger partial charge >= 0.3 is 53.5 Å². The molecule has 0 amide bonds. The molecule has 0 fully saturated rings. The van der Waals surface area contributed by atoms with Gasteiger partial charge in [0.2, 0.25) is 0 Å². The molecule has 0 saturated carbocycles. The largest absolute Gasteiger partial charge is 0.496 e. The number of furan rings is 2. The van der Waals surface area contributed by atoms with Crippen LogP contribution in [0.3, 0.4) is 0 Å². The smallest absolute Gasteiger partial charge is 0.0925 e. The maximum Gasteiger partial charge on any atom is 0.0925 e. The second-order valence-electron chi connectivity index (χ2n) is 20.4. The molecule has 0 bridgehead atoms. The third kappa shape index (κ3) is 10.8. The van der Waals surface area contributed by atoms with E-state index in [0.29, 0.717) is 0 Å². The molecule has 0 unspecified atom stereocenters. The molecule has 2 aromatic heterocycles. The van der Waals surface area contributed by atoms with E-state index >= 15 is 0 Å². The number of aryl methyl sites for hydroxylation is 10. The van der Waals surface area contributed by atoms with Gasteiger partial charge in [0.1, 0.15) is 0 Å². The fraction of sp³-hybridized carbons (Fsp3) is 0.321. The SMILES string of the molecule is C[Si](C)=[Zr]([Cl])[Cl].Cc1cc(-c2cc3c(-c4cc(C)c([Si](C)(C)C)c(C)c4)c(C)ccc3[cH-]2)oc1C.Cc1cc(-c2cc3c(-c4cc(C)c([Si](C)(C)C)c(C)c4)c(C)ccc3[cH-]2)oc1C. The van der Waals surface area contributed by atoms with Crippen molar-refractivity contribution in [2.24, 2.45) is 0 Å². The van der Waals surface area contributed by atoms with Crippen molar-refractivity contribution in [2.75, 3.05) is 0 Å². The Kier molecular flexibility index (Phi) is 15.3. The van der Waals surface area contributed by atoms with Crippen molar-refractivity contribution >= 4 is 70.5 Å². The van der Waals surface area contributed by atoms with Crippen LogP contribution in [0.1, 0.15) is 56.0 Å². The predicted octanol–water partition coefficient (Wildman–Crippen LogP) is 17.3. The van der Waals surface area contributed by atoms with Crippen molar-refractivity contribution in [2.45, 2.75) is 122 Å². The molecule has 6 aromatic carbocycles. The molecule has 0 saturated heterocycles. The molecule has 0 aliphatic rings. The van der Waals surface area contributed by atoms with Gasteiger partial charge in [-0.2, -0.15) is 0 Å². The number of hydrogen-bond donors (Lipinski definition) is 0. The predicted molar refractivity (Wildman–Crippen MR) is 288 cm³/mol. The van der Waals surface area contributed by atoms with Gasteiger partial charge in [-0.05, 0) is 115 Å². The first-order valence-electron chi connectivity index (χ1n) is 22.5. The minimum Gasteiger partial charge on any atom is -0.496 e. The van der Waals surface area contributed by atoms with Crippen LogP contribution in [0.15, 0.2) is 93.8 Å². The summed E-state index contributed by atoms with van der Waals surface area (Å²) in [7, 11) is 8.50. The van der Waals surface area contributed by atoms with Crippen molar-refractivity contribution in [1.29, 1.82) is 0 Å². The molecule has 8 heteroatoms. The second-order valence-corrected chi connectivity index (χ2v) is 53.4. The van der Waals surface area contributed by atoms with Crippen LogP contribution in [0.25, 0.3) is 66.4 Å². The molecule has 64 heavy (non-hydrogen) atoms. The third-order valence-electron chi connectivity index (χ3n) is 12.6. The molecular weight excluding hydrogens is 951 g/mol. The zero-order valence-electron chi connectivity index (χ0n) is 41.7. The van der Waals surface area contributed by atoms with Crippen LogP contribution in [0, 0.1) is 69.2 Å². The molecule has 0 atom stereocenters. The maximum absolute atomic E-state index is 6.00. The second kappa shape index (κ2) is 19.5. The molecule has 336 valence electrons. The van der Waals surface area contributed by atoms with Crippen LogP contribution < -0.4 is 10.4 Å². The van der Waals surface area contributed by atoms with Crippen molar-refractivity contribution in [3.63, 3.8) is 0 Å². The van der Waals surface area contributed by atoms with Gasteiger partial charge in [-0.25, -0.2) is 0 Å². The van der Waals surface area contributed by atoms with Gasteiger partial charge in [0.25, 0.3) is 0 Å². The van der Waals surface area contributed by atoms with Crippen LogP contribution in [0.5, 0.6) is 0 Å². The van der Waals surface area contributed by atoms with Gasteiger partial charge in [0.15, 0.2) is 0 Å². The van der Waals surface area contributed by atoms with Gasteiger partial charge < -0.3 is 8.83 Å². The van der Waals surface area contributed by atoms with Crippen LogP contribution in [0.4, 0.5) is 0 Å². The average molecular weight is 1020 g/mol. The quantitative estimate of drug-likeness (QED) is 0.123. The molecule has 8 rings (SSSR count). The van der Waals surface area contributed by atoms with Crippen molar-refractivity contribution in [3.8, 4) is 44.9 Å². The number of hydrogen-bond acceptors (Lipinski definition) is 2. The fourth-order valence-electron chi connectivity index (χ4n) is 9.84. The Bertz CT molecular complexity index is 2770. The average Bonchev–Trinajstić information content (AvgIpc) is 3.95. The Labute approximate surface area is 401 Å². The first-order valence-corrected chi connectivity index (χ1v) is 42.1. The fourth-order valence-corrected chi connectivity index (χ4v) is 14.9. The molecule has 8 aromatic rings. The van der Waals surface area contributed by atoms with E-state index in [1.165, 1.54) is 88.3 Å². The van der Waals surface area contributed by atoms with Gasteiger partial charge in [0, 0.05) is 0 Å². The molecule has 0 radical (unpaired) electrons. The minimum absolute atomic E-state index is 0.224. The number of rotatable bonds is 6. The first-order chi connectivity index (χ1) is 29.8. The molecule has 0 N–H and O–H groups in total. The van der Waals surface area contributed by atoms with E-state index < -0.39 is 34.1 Å². The molecule has 0 spiro atoms. The van der Waals surface area contributed by atoms with Crippen LogP contribution in [-0.2, 0) is 18.0 Å². The summed E-state index contributed by atoms with van der Waals surface area (Å²) >= 11 is -1.65. The Morgan fingerprint density at radius 3 is 1.02 bits per heavy atom. The summed E-state index contributed by atoms with van der Waals surface area (Å²) < 4.78 is 12.0. The normalized spacial score (nSPS) is 11.8. The summed E-state index contributed by atoms with van der Waals surface area (Å²) in [5.74, 6) is 3.91. The van der Waals surface area contributed by atoms with E-state index in [9.17, 15) is 0 Å². The summed E-state index contributed by atoms with van der Waals surface area (Å²) in [4.78, 5) is 0. The van der Waals surface area contributed by atoms with Crippen molar-refractivity contribution in [1.82, 2.24) is 0 Å². The topological polar surface area (TPSA) is 26.3 Å². The molecule has 2 nitrogen and oxygen atoms in total. The summed E-state index contributed by atoms with van der Waals surface area (Å²) in [5, 5.41) is 8.36. The summed E-state index contributed by atoms with van der Waals surface area (Å²) in [6, 6.07) is 32.0. The van der Waals surface area contributed by atoms with Gasteiger partial charge in [0.05, 0.1) is 39.2 Å². The van der Waals surface area contributed by atoms with E-state index in [-0.39, 0.29) is 5.43 Å². The van der Waals surface area contributed by atoms with Crippen LogP contribution >= 0.6 is 17.0 Å². The Morgan fingerprint density at radius 1 is 0.453 bits per heavy atom. The summed E-state index contributed by atoms with van der Waals surface area (Å²) in [6.07, 6.45) is 0. The van der Waals surface area contributed by atoms with Crippen molar-refractivity contribution in [3.05, 3.63) is 141 Å². The standard InChI is InChI=1S/2C27H31OSi.C2H6Si.2ClH.Zr/c2*1-16-9-10-21-14-22(25-13-17(2)20(5)28-25)15-24(21)26(16)23-11-18(3)27(19(4)12-23)29(6,7)8;1-3-2;;;/h2*9-15H,1-8H3;1-2H3;2*1H;/q2*-1;;;;+2/p-2. The van der Waals surface area contributed by atoms with E-state index in [1.807, 2.05) is 13.8 Å². The van der Waals surface area contributed by atoms with E-state index in [2.05, 4.69) is 193 Å². The Hall–Kier alpha value is -3.23. The van der Waals surface area contributed by atoms with Crippen LogP contribution in [-0.4, -0.2) is 21.6 Å². The number of fused-ring (bicyclic) bond motifs is 2. The van der Waals surface area contributed by atoms with E-state index in [1.54, 1.807) is 10.4 Å². The zero-order chi connectivity index (χ0) is 47.3. The third-order valence-corrected chi connectivity index (χ3v) is 36.9. The van der Waals surface area contributed by atoms with Gasteiger partial charge in [-0.1, -0.05) is 131 Å². The number of benzene rings is 4. The van der Waals surface area contributed by atoms with Crippen molar-refractivity contribution < 1.29 is 26.8 Å². The van der Waals surface area contributed by atoms with E-state index in [0.717, 1.165) is 34.2 Å². The van der Waals surface area contributed by atoms with Crippen LogP contribution in [0.2, 0.25) is 52.4 Å². The monoisotopic (exact) mass is 1020 g/mol. The summed E-state index contributed by atoms with van der Waals surface area (Å²) in [6.45, 7) is 40.8. The van der Waals surface area contributed by atoms with E-state index in [4.69, 9.17) is 25.9 Å².